The van der Waals surface area contributed by atoms with Crippen molar-refractivity contribution in [3.8, 4) is 0 Å². The highest BCUT2D eigenvalue weighted by molar-refractivity contribution is 8.01. The van der Waals surface area contributed by atoms with Gasteiger partial charge in [0.15, 0.2) is 5.78 Å². The molecule has 1 atom stereocenters. The number of carbonyl (C=O) groups excluding carboxylic acids is 1. The minimum atomic E-state index is -0.0174. The van der Waals surface area contributed by atoms with Gasteiger partial charge in [-0.25, -0.2) is 0 Å². The average Bonchev–Trinajstić information content (AvgIpc) is 2.85. The number of hydrogen-bond acceptors (Lipinski definition) is 2. The van der Waals surface area contributed by atoms with Gasteiger partial charge in [0, 0.05) is 15.5 Å². The second-order valence-corrected chi connectivity index (χ2v) is 6.40. The molecule has 19 heavy (non-hydrogen) atoms. The largest absolute Gasteiger partial charge is 0.293 e. The zero-order valence-electron chi connectivity index (χ0n) is 10.5. The first-order valence-corrected chi connectivity index (χ1v) is 7.46. The van der Waals surface area contributed by atoms with E-state index >= 15 is 0 Å². The molecule has 2 aromatic carbocycles. The molecule has 3 rings (SSSR count). The maximum Gasteiger partial charge on any atom is 0.176 e. The van der Waals surface area contributed by atoms with Crippen LogP contribution in [0.3, 0.4) is 0 Å². The zero-order chi connectivity index (χ0) is 13.4. The van der Waals surface area contributed by atoms with Gasteiger partial charge in [0.2, 0.25) is 0 Å². The second-order valence-electron chi connectivity index (χ2n) is 4.75. The van der Waals surface area contributed by atoms with Crippen LogP contribution in [0.25, 0.3) is 0 Å². The molecule has 1 nitrogen and oxygen atoms in total. The highest BCUT2D eigenvalue weighted by Gasteiger charge is 2.28. The van der Waals surface area contributed by atoms with Crippen LogP contribution in [0.15, 0.2) is 47.4 Å². The summed E-state index contributed by atoms with van der Waals surface area (Å²) in [5.74, 6) is 0.170. The van der Waals surface area contributed by atoms with Crippen molar-refractivity contribution in [3.05, 3.63) is 64.2 Å². The molecule has 0 radical (unpaired) electrons. The third-order valence-corrected chi connectivity index (χ3v) is 5.12. The molecule has 0 saturated carbocycles. The van der Waals surface area contributed by atoms with Crippen LogP contribution >= 0.6 is 23.4 Å². The maximum atomic E-state index is 12.5. The van der Waals surface area contributed by atoms with Crippen LogP contribution in [-0.4, -0.2) is 11.0 Å². The molecule has 0 amide bonds. The number of Topliss-reactive ketones (excluding diaryl/α,β-unsaturated/α-hetero) is 1. The molecule has 0 aliphatic carbocycles. The van der Waals surface area contributed by atoms with E-state index in [0.29, 0.717) is 10.6 Å². The average molecular weight is 289 g/mol. The fourth-order valence-corrected chi connectivity index (χ4v) is 3.71. The van der Waals surface area contributed by atoms with Crippen molar-refractivity contribution in [2.24, 2.45) is 0 Å². The zero-order valence-corrected chi connectivity index (χ0v) is 12.1. The van der Waals surface area contributed by atoms with Crippen molar-refractivity contribution < 1.29 is 4.79 Å². The predicted octanol–water partition coefficient (Wildman–Crippen LogP) is 4.55. The van der Waals surface area contributed by atoms with Crippen LogP contribution in [0.5, 0.6) is 0 Å². The fraction of sp³-hybridized carbons (Fsp3) is 0.188. The van der Waals surface area contributed by atoms with E-state index < -0.39 is 0 Å². The SMILES string of the molecule is Cc1ccc(C(=O)C2Cc3ccccc3S2)cc1Cl. The van der Waals surface area contributed by atoms with E-state index in [1.165, 1.54) is 10.5 Å². The van der Waals surface area contributed by atoms with Crippen LogP contribution in [0.4, 0.5) is 0 Å². The lowest BCUT2D eigenvalue weighted by atomic mass is 10.0. The molecule has 2 aromatic rings. The molecule has 0 saturated heterocycles. The van der Waals surface area contributed by atoms with E-state index in [9.17, 15) is 4.79 Å². The molecule has 1 unspecified atom stereocenters. The topological polar surface area (TPSA) is 17.1 Å². The molecule has 0 spiro atoms. The van der Waals surface area contributed by atoms with Crippen LogP contribution in [-0.2, 0) is 6.42 Å². The van der Waals surface area contributed by atoms with Crippen molar-refractivity contribution in [2.75, 3.05) is 0 Å². The number of halogens is 1. The quantitative estimate of drug-likeness (QED) is 0.754. The smallest absolute Gasteiger partial charge is 0.176 e. The molecule has 0 fully saturated rings. The monoisotopic (exact) mass is 288 g/mol. The standard InChI is InChI=1S/C16H13ClOS/c1-10-6-7-12(8-13(10)17)16(18)15-9-11-4-2-3-5-14(11)19-15/h2-8,15H,9H2,1H3. The number of benzene rings is 2. The minimum Gasteiger partial charge on any atom is -0.293 e. The van der Waals surface area contributed by atoms with Gasteiger partial charge in [0.05, 0.1) is 5.25 Å². The Kier molecular flexibility index (Phi) is 3.38. The summed E-state index contributed by atoms with van der Waals surface area (Å²) >= 11 is 7.75. The number of rotatable bonds is 2. The Morgan fingerprint density at radius 1 is 1.26 bits per heavy atom. The number of thioether (sulfide) groups is 1. The van der Waals surface area contributed by atoms with E-state index in [1.807, 2.05) is 31.2 Å². The van der Waals surface area contributed by atoms with Crippen molar-refractivity contribution in [3.63, 3.8) is 0 Å². The summed E-state index contributed by atoms with van der Waals surface area (Å²) in [4.78, 5) is 13.7. The first kappa shape index (κ1) is 12.8. The van der Waals surface area contributed by atoms with Gasteiger partial charge in [-0.05, 0) is 36.6 Å². The number of carbonyl (C=O) groups is 1. The summed E-state index contributed by atoms with van der Waals surface area (Å²) in [6.07, 6.45) is 0.811. The van der Waals surface area contributed by atoms with Crippen molar-refractivity contribution in [1.29, 1.82) is 0 Å². The Bertz CT molecular complexity index is 626. The third-order valence-electron chi connectivity index (χ3n) is 3.40. The summed E-state index contributed by atoms with van der Waals surface area (Å²) in [7, 11) is 0. The first-order chi connectivity index (χ1) is 9.15. The van der Waals surface area contributed by atoms with Crippen molar-refractivity contribution in [2.45, 2.75) is 23.5 Å². The lowest BCUT2D eigenvalue weighted by Gasteiger charge is -2.08. The molecule has 96 valence electrons. The summed E-state index contributed by atoms with van der Waals surface area (Å²) in [6.45, 7) is 1.94. The summed E-state index contributed by atoms with van der Waals surface area (Å²) in [5, 5.41) is 0.641. The minimum absolute atomic E-state index is 0.0174. The first-order valence-electron chi connectivity index (χ1n) is 6.20. The molecular weight excluding hydrogens is 276 g/mol. The van der Waals surface area contributed by atoms with Crippen LogP contribution in [0.2, 0.25) is 5.02 Å². The molecule has 1 aliphatic heterocycles. The van der Waals surface area contributed by atoms with E-state index in [1.54, 1.807) is 17.8 Å². The van der Waals surface area contributed by atoms with E-state index in [-0.39, 0.29) is 11.0 Å². The lowest BCUT2D eigenvalue weighted by Crippen LogP contribution is -2.16. The highest BCUT2D eigenvalue weighted by atomic mass is 35.5. The number of aryl methyl sites for hydroxylation is 1. The second kappa shape index (κ2) is 5.03. The van der Waals surface area contributed by atoms with E-state index in [2.05, 4.69) is 12.1 Å². The normalized spacial score (nSPS) is 17.3. The lowest BCUT2D eigenvalue weighted by molar-refractivity contribution is 0.0990. The summed E-state index contributed by atoms with van der Waals surface area (Å²) in [5.41, 5.74) is 2.98. The van der Waals surface area contributed by atoms with Crippen molar-refractivity contribution in [1.82, 2.24) is 0 Å². The Hall–Kier alpha value is -1.25. The van der Waals surface area contributed by atoms with Gasteiger partial charge in [0.25, 0.3) is 0 Å². The highest BCUT2D eigenvalue weighted by Crippen LogP contribution is 2.38. The van der Waals surface area contributed by atoms with Gasteiger partial charge in [-0.1, -0.05) is 41.9 Å². The summed E-state index contributed by atoms with van der Waals surface area (Å²) in [6, 6.07) is 13.8. The molecule has 0 bridgehead atoms. The van der Waals surface area contributed by atoms with Crippen LogP contribution < -0.4 is 0 Å². The van der Waals surface area contributed by atoms with Gasteiger partial charge >= 0.3 is 0 Å². The number of fused-ring (bicyclic) bond motifs is 1. The predicted molar refractivity (Wildman–Crippen MR) is 80.3 cm³/mol. The van der Waals surface area contributed by atoms with Gasteiger partial charge in [-0.3, -0.25) is 4.79 Å². The van der Waals surface area contributed by atoms with Gasteiger partial charge in [-0.2, -0.15) is 0 Å². The molecule has 1 heterocycles. The molecule has 0 N–H and O–H groups in total. The number of hydrogen-bond donors (Lipinski definition) is 0. The van der Waals surface area contributed by atoms with Gasteiger partial charge in [0.1, 0.15) is 0 Å². The van der Waals surface area contributed by atoms with Crippen molar-refractivity contribution >= 4 is 29.1 Å². The van der Waals surface area contributed by atoms with Crippen LogP contribution in [0, 0.1) is 6.92 Å². The molecule has 3 heteroatoms. The molecule has 0 aromatic heterocycles. The maximum absolute atomic E-state index is 12.5. The van der Waals surface area contributed by atoms with E-state index in [0.717, 1.165) is 12.0 Å². The fourth-order valence-electron chi connectivity index (χ4n) is 2.26. The Morgan fingerprint density at radius 2 is 2.05 bits per heavy atom. The van der Waals surface area contributed by atoms with Gasteiger partial charge in [-0.15, -0.1) is 11.8 Å². The van der Waals surface area contributed by atoms with E-state index in [4.69, 9.17) is 11.6 Å². The van der Waals surface area contributed by atoms with Crippen LogP contribution in [0.1, 0.15) is 21.5 Å². The number of ketones is 1. The Labute approximate surface area is 122 Å². The molecule has 1 aliphatic rings. The molecular formula is C16H13ClOS. The summed E-state index contributed by atoms with van der Waals surface area (Å²) < 4.78 is 0. The third kappa shape index (κ3) is 2.43. The van der Waals surface area contributed by atoms with Gasteiger partial charge < -0.3 is 0 Å². The Balaban J connectivity index is 1.85. The Morgan fingerprint density at radius 3 is 2.79 bits per heavy atom.